The summed E-state index contributed by atoms with van der Waals surface area (Å²) in [4.78, 5) is 27.0. The fourth-order valence-electron chi connectivity index (χ4n) is 2.86. The first-order chi connectivity index (χ1) is 13.3. The Balaban J connectivity index is 2.14. The van der Waals surface area contributed by atoms with Crippen LogP contribution in [0.1, 0.15) is 37.5 Å². The Morgan fingerprint density at radius 2 is 1.68 bits per heavy atom. The molecule has 0 bridgehead atoms. The second-order valence-corrected chi connectivity index (χ2v) is 7.45. The molecule has 0 aliphatic carbocycles. The van der Waals surface area contributed by atoms with Crippen LogP contribution in [0.5, 0.6) is 5.75 Å². The number of benzene rings is 2. The van der Waals surface area contributed by atoms with Crippen LogP contribution in [-0.2, 0) is 16.1 Å². The van der Waals surface area contributed by atoms with Gasteiger partial charge in [0, 0.05) is 12.6 Å². The van der Waals surface area contributed by atoms with Crippen LogP contribution in [0.15, 0.2) is 48.5 Å². The first-order valence-corrected chi connectivity index (χ1v) is 9.61. The Morgan fingerprint density at radius 1 is 1.00 bits per heavy atom. The number of nitrogens with zero attached hydrogens (tertiary/aromatic N) is 1. The minimum Gasteiger partial charge on any atom is -0.484 e. The molecule has 0 spiro atoms. The molecule has 0 aliphatic rings. The van der Waals surface area contributed by atoms with E-state index < -0.39 is 6.04 Å². The number of hydrogen-bond acceptors (Lipinski definition) is 3. The fourth-order valence-corrected chi connectivity index (χ4v) is 2.86. The highest BCUT2D eigenvalue weighted by Crippen LogP contribution is 2.14. The van der Waals surface area contributed by atoms with E-state index in [0.717, 1.165) is 16.7 Å². The van der Waals surface area contributed by atoms with Crippen molar-refractivity contribution in [3.63, 3.8) is 0 Å². The van der Waals surface area contributed by atoms with Gasteiger partial charge in [-0.25, -0.2) is 0 Å². The highest BCUT2D eigenvalue weighted by molar-refractivity contribution is 5.88. The Kier molecular flexibility index (Phi) is 7.61. The van der Waals surface area contributed by atoms with Crippen molar-refractivity contribution in [2.24, 2.45) is 0 Å². The Morgan fingerprint density at radius 3 is 2.29 bits per heavy atom. The van der Waals surface area contributed by atoms with Gasteiger partial charge in [-0.1, -0.05) is 47.5 Å². The molecule has 1 N–H and O–H groups in total. The molecule has 150 valence electrons. The van der Waals surface area contributed by atoms with Crippen LogP contribution < -0.4 is 10.1 Å². The van der Waals surface area contributed by atoms with Gasteiger partial charge in [0.1, 0.15) is 11.8 Å². The Bertz CT molecular complexity index is 800. The van der Waals surface area contributed by atoms with Crippen molar-refractivity contribution in [2.45, 2.75) is 53.2 Å². The van der Waals surface area contributed by atoms with E-state index in [1.165, 1.54) is 0 Å². The lowest BCUT2D eigenvalue weighted by atomic mass is 10.1. The fraction of sp³-hybridized carbons (Fsp3) is 0.391. The summed E-state index contributed by atoms with van der Waals surface area (Å²) < 4.78 is 5.65. The third kappa shape index (κ3) is 6.41. The molecule has 2 rings (SSSR count). The lowest BCUT2D eigenvalue weighted by Crippen LogP contribution is -2.50. The molecule has 0 saturated carbocycles. The number of amides is 2. The normalized spacial score (nSPS) is 11.8. The summed E-state index contributed by atoms with van der Waals surface area (Å²) in [6.07, 6.45) is 0. The molecule has 28 heavy (non-hydrogen) atoms. The zero-order chi connectivity index (χ0) is 20.7. The molecule has 0 saturated heterocycles. The summed E-state index contributed by atoms with van der Waals surface area (Å²) in [6, 6.07) is 14.9. The number of hydrogen-bond donors (Lipinski definition) is 1. The van der Waals surface area contributed by atoms with E-state index in [-0.39, 0.29) is 24.5 Å². The van der Waals surface area contributed by atoms with Gasteiger partial charge in [-0.2, -0.15) is 0 Å². The standard InChI is InChI=1S/C23H30N2O3/c1-16(2)24-23(27)19(5)25(14-20-8-6-7-18(4)13-20)22(26)15-28-21-11-9-17(3)10-12-21/h6-13,16,19H,14-15H2,1-5H3,(H,24,27)/t19-/m0/s1. The first kappa shape index (κ1) is 21.5. The zero-order valence-corrected chi connectivity index (χ0v) is 17.4. The topological polar surface area (TPSA) is 58.6 Å². The van der Waals surface area contributed by atoms with E-state index in [1.807, 2.05) is 76.2 Å². The molecule has 5 nitrogen and oxygen atoms in total. The van der Waals surface area contributed by atoms with Gasteiger partial charge in [-0.15, -0.1) is 0 Å². The van der Waals surface area contributed by atoms with Crippen LogP contribution in [0.2, 0.25) is 0 Å². The molecule has 5 heteroatoms. The largest absolute Gasteiger partial charge is 0.484 e. The summed E-state index contributed by atoms with van der Waals surface area (Å²) >= 11 is 0. The Labute approximate surface area is 167 Å². The third-order valence-electron chi connectivity index (χ3n) is 4.42. The van der Waals surface area contributed by atoms with Gasteiger partial charge < -0.3 is 15.0 Å². The number of ether oxygens (including phenoxy) is 1. The highest BCUT2D eigenvalue weighted by Gasteiger charge is 2.26. The summed E-state index contributed by atoms with van der Waals surface area (Å²) in [5.41, 5.74) is 3.21. The van der Waals surface area contributed by atoms with Gasteiger partial charge in [0.2, 0.25) is 5.91 Å². The van der Waals surface area contributed by atoms with E-state index in [0.29, 0.717) is 12.3 Å². The second kappa shape index (κ2) is 9.93. The van der Waals surface area contributed by atoms with Gasteiger partial charge in [-0.3, -0.25) is 9.59 Å². The van der Waals surface area contributed by atoms with E-state index in [1.54, 1.807) is 11.8 Å². The van der Waals surface area contributed by atoms with Crippen molar-refractivity contribution in [3.8, 4) is 5.75 Å². The average Bonchev–Trinajstić information content (AvgIpc) is 2.64. The van der Waals surface area contributed by atoms with Crippen LogP contribution in [-0.4, -0.2) is 35.4 Å². The van der Waals surface area contributed by atoms with Crippen LogP contribution in [0, 0.1) is 13.8 Å². The molecule has 0 aromatic heterocycles. The molecule has 0 radical (unpaired) electrons. The zero-order valence-electron chi connectivity index (χ0n) is 17.4. The molecule has 0 aliphatic heterocycles. The lowest BCUT2D eigenvalue weighted by Gasteiger charge is -2.29. The van der Waals surface area contributed by atoms with E-state index in [4.69, 9.17) is 4.74 Å². The van der Waals surface area contributed by atoms with Gasteiger partial charge in [0.25, 0.3) is 5.91 Å². The predicted molar refractivity (Wildman–Crippen MR) is 111 cm³/mol. The van der Waals surface area contributed by atoms with Crippen molar-refractivity contribution in [2.75, 3.05) is 6.61 Å². The number of carbonyl (C=O) groups is 2. The van der Waals surface area contributed by atoms with Crippen molar-refractivity contribution in [3.05, 3.63) is 65.2 Å². The molecule has 1 atom stereocenters. The maximum Gasteiger partial charge on any atom is 0.261 e. The van der Waals surface area contributed by atoms with E-state index >= 15 is 0 Å². The SMILES string of the molecule is Cc1ccc(OCC(=O)N(Cc2cccc(C)c2)[C@@H](C)C(=O)NC(C)C)cc1. The van der Waals surface area contributed by atoms with E-state index in [9.17, 15) is 9.59 Å². The summed E-state index contributed by atoms with van der Waals surface area (Å²) in [5, 5.41) is 2.88. The van der Waals surface area contributed by atoms with Crippen molar-refractivity contribution in [1.29, 1.82) is 0 Å². The van der Waals surface area contributed by atoms with Crippen LogP contribution in [0.4, 0.5) is 0 Å². The maximum atomic E-state index is 12.9. The van der Waals surface area contributed by atoms with E-state index in [2.05, 4.69) is 5.32 Å². The van der Waals surface area contributed by atoms with Crippen molar-refractivity contribution in [1.82, 2.24) is 10.2 Å². The quantitative estimate of drug-likeness (QED) is 0.759. The molecular formula is C23H30N2O3. The molecule has 2 aromatic rings. The summed E-state index contributed by atoms with van der Waals surface area (Å²) in [5.74, 6) is 0.230. The van der Waals surface area contributed by atoms with Gasteiger partial charge >= 0.3 is 0 Å². The number of nitrogens with one attached hydrogen (secondary N) is 1. The first-order valence-electron chi connectivity index (χ1n) is 9.61. The van der Waals surface area contributed by atoms with Gasteiger partial charge in [0.15, 0.2) is 6.61 Å². The summed E-state index contributed by atoms with van der Waals surface area (Å²) in [6.45, 7) is 9.78. The van der Waals surface area contributed by atoms with Crippen molar-refractivity contribution >= 4 is 11.8 Å². The molecule has 0 heterocycles. The maximum absolute atomic E-state index is 12.9. The summed E-state index contributed by atoms with van der Waals surface area (Å²) in [7, 11) is 0. The van der Waals surface area contributed by atoms with Gasteiger partial charge in [-0.05, 0) is 52.3 Å². The molecule has 2 aromatic carbocycles. The minimum absolute atomic E-state index is 0.00896. The molecular weight excluding hydrogens is 352 g/mol. The average molecular weight is 383 g/mol. The van der Waals surface area contributed by atoms with Crippen LogP contribution in [0.3, 0.4) is 0 Å². The van der Waals surface area contributed by atoms with Crippen molar-refractivity contribution < 1.29 is 14.3 Å². The predicted octanol–water partition coefficient (Wildman–Crippen LogP) is 3.62. The van der Waals surface area contributed by atoms with Gasteiger partial charge in [0.05, 0.1) is 0 Å². The van der Waals surface area contributed by atoms with Crippen LogP contribution in [0.25, 0.3) is 0 Å². The molecule has 0 unspecified atom stereocenters. The highest BCUT2D eigenvalue weighted by atomic mass is 16.5. The minimum atomic E-state index is -0.600. The monoisotopic (exact) mass is 382 g/mol. The number of carbonyl (C=O) groups excluding carboxylic acids is 2. The smallest absolute Gasteiger partial charge is 0.261 e. The van der Waals surface area contributed by atoms with Crippen LogP contribution >= 0.6 is 0 Å². The number of aryl methyl sites for hydroxylation is 2. The number of rotatable bonds is 8. The Hall–Kier alpha value is -2.82. The second-order valence-electron chi connectivity index (χ2n) is 7.45. The molecule has 0 fully saturated rings. The lowest BCUT2D eigenvalue weighted by molar-refractivity contribution is -0.142. The molecule has 2 amide bonds. The third-order valence-corrected chi connectivity index (χ3v) is 4.42.